The highest BCUT2D eigenvalue weighted by atomic mass is 32.2. The van der Waals surface area contributed by atoms with Gasteiger partial charge in [0.25, 0.3) is 0 Å². The normalized spacial score (nSPS) is 10.2. The minimum atomic E-state index is 0.693. The maximum atomic E-state index is 5.43. The second-order valence-corrected chi connectivity index (χ2v) is 3.70. The Kier molecular flexibility index (Phi) is 5.65. The molecule has 0 atom stereocenters. The molecule has 2 N–H and O–H groups in total. The largest absolute Gasteiger partial charge is 0.366 e. The standard InChI is InChI=1S/C10H15NOS/c11-6-7-13-9-12-8-10-4-2-1-3-5-10/h1-5H,6-9,11H2. The molecule has 3 heteroatoms. The molecule has 1 rings (SSSR count). The molecule has 2 nitrogen and oxygen atoms in total. The predicted molar refractivity (Wildman–Crippen MR) is 57.6 cm³/mol. The number of hydrogen-bond acceptors (Lipinski definition) is 3. The predicted octanol–water partition coefficient (Wildman–Crippen LogP) is 1.85. The van der Waals surface area contributed by atoms with Gasteiger partial charge in [-0.3, -0.25) is 0 Å². The summed E-state index contributed by atoms with van der Waals surface area (Å²) in [6.45, 7) is 1.41. The minimum Gasteiger partial charge on any atom is -0.366 e. The number of ether oxygens (including phenoxy) is 1. The van der Waals surface area contributed by atoms with Gasteiger partial charge in [0.05, 0.1) is 12.5 Å². The molecule has 0 aliphatic carbocycles. The van der Waals surface area contributed by atoms with E-state index >= 15 is 0 Å². The zero-order chi connectivity index (χ0) is 9.36. The number of nitrogens with two attached hydrogens (primary N) is 1. The molecule has 1 aromatic rings. The molecule has 0 saturated carbocycles. The summed E-state index contributed by atoms with van der Waals surface area (Å²) in [6, 6.07) is 10.2. The molecule has 72 valence electrons. The molecule has 0 heterocycles. The van der Waals surface area contributed by atoms with Crippen molar-refractivity contribution in [2.45, 2.75) is 6.61 Å². The molecular formula is C10H15NOS. The molecule has 0 aliphatic rings. The molecule has 0 spiro atoms. The lowest BCUT2D eigenvalue weighted by Crippen LogP contribution is -2.02. The van der Waals surface area contributed by atoms with Crippen LogP contribution in [0, 0.1) is 0 Å². The van der Waals surface area contributed by atoms with Gasteiger partial charge in [-0.15, -0.1) is 11.8 Å². The summed E-state index contributed by atoms with van der Waals surface area (Å²) in [6.07, 6.45) is 0. The van der Waals surface area contributed by atoms with Crippen LogP contribution < -0.4 is 5.73 Å². The fourth-order valence-electron chi connectivity index (χ4n) is 0.935. The molecule has 1 aromatic carbocycles. The smallest absolute Gasteiger partial charge is 0.0925 e. The Labute approximate surface area is 83.5 Å². The van der Waals surface area contributed by atoms with E-state index in [1.165, 1.54) is 5.56 Å². The van der Waals surface area contributed by atoms with Crippen LogP contribution in [0.25, 0.3) is 0 Å². The van der Waals surface area contributed by atoms with Gasteiger partial charge in [0, 0.05) is 12.3 Å². The first-order chi connectivity index (χ1) is 6.43. The minimum absolute atomic E-state index is 0.693. The fraction of sp³-hybridized carbons (Fsp3) is 0.400. The average Bonchev–Trinajstić information content (AvgIpc) is 2.19. The number of thioether (sulfide) groups is 1. The molecule has 0 unspecified atom stereocenters. The first-order valence-corrected chi connectivity index (χ1v) is 5.48. The molecule has 0 aromatic heterocycles. The van der Waals surface area contributed by atoms with Crippen molar-refractivity contribution in [2.24, 2.45) is 5.73 Å². The van der Waals surface area contributed by atoms with Gasteiger partial charge in [-0.25, -0.2) is 0 Å². The third-order valence-corrected chi connectivity index (χ3v) is 2.40. The van der Waals surface area contributed by atoms with Gasteiger partial charge >= 0.3 is 0 Å². The van der Waals surface area contributed by atoms with Crippen LogP contribution in [0.15, 0.2) is 30.3 Å². The van der Waals surface area contributed by atoms with Crippen LogP contribution in [-0.2, 0) is 11.3 Å². The van der Waals surface area contributed by atoms with E-state index in [-0.39, 0.29) is 0 Å². The lowest BCUT2D eigenvalue weighted by atomic mass is 10.2. The van der Waals surface area contributed by atoms with Gasteiger partial charge in [-0.05, 0) is 5.56 Å². The van der Waals surface area contributed by atoms with Gasteiger partial charge in [-0.2, -0.15) is 0 Å². The second-order valence-electron chi connectivity index (χ2n) is 2.65. The van der Waals surface area contributed by atoms with Crippen LogP contribution in [0.1, 0.15) is 5.56 Å². The molecular weight excluding hydrogens is 182 g/mol. The lowest BCUT2D eigenvalue weighted by Gasteiger charge is -2.02. The van der Waals surface area contributed by atoms with E-state index in [0.717, 1.165) is 18.2 Å². The van der Waals surface area contributed by atoms with E-state index < -0.39 is 0 Å². The van der Waals surface area contributed by atoms with Crippen molar-refractivity contribution >= 4 is 11.8 Å². The summed E-state index contributed by atoms with van der Waals surface area (Å²) >= 11 is 1.73. The summed E-state index contributed by atoms with van der Waals surface area (Å²) in [7, 11) is 0. The highest BCUT2D eigenvalue weighted by molar-refractivity contribution is 7.99. The van der Waals surface area contributed by atoms with E-state index in [2.05, 4.69) is 12.1 Å². The highest BCUT2D eigenvalue weighted by Crippen LogP contribution is 2.04. The van der Waals surface area contributed by atoms with Crippen molar-refractivity contribution in [3.63, 3.8) is 0 Å². The Hall–Kier alpha value is -0.510. The first-order valence-electron chi connectivity index (χ1n) is 4.33. The van der Waals surface area contributed by atoms with Crippen molar-refractivity contribution in [3.8, 4) is 0 Å². The monoisotopic (exact) mass is 197 g/mol. The summed E-state index contributed by atoms with van der Waals surface area (Å²) in [5, 5.41) is 0. The van der Waals surface area contributed by atoms with E-state index in [1.807, 2.05) is 18.2 Å². The van der Waals surface area contributed by atoms with E-state index in [1.54, 1.807) is 11.8 Å². The zero-order valence-electron chi connectivity index (χ0n) is 7.61. The summed E-state index contributed by atoms with van der Waals surface area (Å²) < 4.78 is 5.43. The van der Waals surface area contributed by atoms with Crippen molar-refractivity contribution in [2.75, 3.05) is 18.2 Å². The zero-order valence-corrected chi connectivity index (χ0v) is 8.43. The first kappa shape index (κ1) is 10.6. The van der Waals surface area contributed by atoms with Crippen molar-refractivity contribution in [1.82, 2.24) is 0 Å². The third kappa shape index (κ3) is 4.93. The summed E-state index contributed by atoms with van der Waals surface area (Å²) in [4.78, 5) is 0. The molecule has 0 fully saturated rings. The SMILES string of the molecule is NCCSCOCc1ccccc1. The van der Waals surface area contributed by atoms with Crippen LogP contribution in [0.4, 0.5) is 0 Å². The molecule has 13 heavy (non-hydrogen) atoms. The van der Waals surface area contributed by atoms with Crippen molar-refractivity contribution in [1.29, 1.82) is 0 Å². The Morgan fingerprint density at radius 1 is 1.23 bits per heavy atom. The van der Waals surface area contributed by atoms with Crippen molar-refractivity contribution < 1.29 is 4.74 Å². The average molecular weight is 197 g/mol. The summed E-state index contributed by atoms with van der Waals surface area (Å²) in [5.41, 5.74) is 6.56. The Balaban J connectivity index is 2.07. The topological polar surface area (TPSA) is 35.2 Å². The maximum absolute atomic E-state index is 5.43. The van der Waals surface area contributed by atoms with E-state index in [0.29, 0.717) is 6.61 Å². The van der Waals surface area contributed by atoms with Crippen LogP contribution in [0.5, 0.6) is 0 Å². The van der Waals surface area contributed by atoms with Gasteiger partial charge in [-0.1, -0.05) is 30.3 Å². The highest BCUT2D eigenvalue weighted by Gasteiger charge is 1.91. The molecule has 0 radical (unpaired) electrons. The molecule has 0 aliphatic heterocycles. The van der Waals surface area contributed by atoms with Crippen LogP contribution in [-0.4, -0.2) is 18.2 Å². The number of hydrogen-bond donors (Lipinski definition) is 1. The summed E-state index contributed by atoms with van der Waals surface area (Å²) in [5.74, 6) is 1.70. The Bertz CT molecular complexity index is 215. The van der Waals surface area contributed by atoms with Gasteiger partial charge in [0.2, 0.25) is 0 Å². The lowest BCUT2D eigenvalue weighted by molar-refractivity contribution is 0.169. The second kappa shape index (κ2) is 6.95. The quantitative estimate of drug-likeness (QED) is 0.558. The molecule has 0 amide bonds. The van der Waals surface area contributed by atoms with E-state index in [9.17, 15) is 0 Å². The van der Waals surface area contributed by atoms with Gasteiger partial charge in [0.15, 0.2) is 0 Å². The van der Waals surface area contributed by atoms with Crippen molar-refractivity contribution in [3.05, 3.63) is 35.9 Å². The molecule has 0 saturated heterocycles. The van der Waals surface area contributed by atoms with Crippen LogP contribution in [0.3, 0.4) is 0 Å². The Morgan fingerprint density at radius 2 is 2.00 bits per heavy atom. The third-order valence-electron chi connectivity index (χ3n) is 1.54. The van der Waals surface area contributed by atoms with Crippen LogP contribution in [0.2, 0.25) is 0 Å². The van der Waals surface area contributed by atoms with Gasteiger partial charge < -0.3 is 10.5 Å². The maximum Gasteiger partial charge on any atom is 0.0925 e. The molecule has 0 bridgehead atoms. The van der Waals surface area contributed by atoms with Crippen LogP contribution >= 0.6 is 11.8 Å². The van der Waals surface area contributed by atoms with Gasteiger partial charge in [0.1, 0.15) is 0 Å². The fourth-order valence-corrected chi connectivity index (χ4v) is 1.42. The number of benzene rings is 1. The Morgan fingerprint density at radius 3 is 2.69 bits per heavy atom. The van der Waals surface area contributed by atoms with E-state index in [4.69, 9.17) is 10.5 Å². The number of rotatable bonds is 6.